The molecule has 5 nitrogen and oxygen atoms in total. The molecule has 3 aromatic rings. The smallest absolute Gasteiger partial charge is 0.222 e. The lowest BCUT2D eigenvalue weighted by Crippen LogP contribution is -2.37. The SMILES string of the molecule is Cc1sc2ncnc(NCCCC(=O)N3CCC(C)CC3)c2c1-c1ccccc1. The lowest BCUT2D eigenvalue weighted by Gasteiger charge is -2.30. The molecule has 152 valence electrons. The standard InChI is InChI=1S/C23H28N4OS/c1-16-10-13-27(14-11-16)19(28)9-6-12-24-22-21-20(18-7-4-3-5-8-18)17(2)29-23(21)26-15-25-22/h3-5,7-8,15-16H,6,9-14H2,1-2H3,(H,24,25,26). The van der Waals surface area contributed by atoms with Crippen molar-refractivity contribution in [3.8, 4) is 11.1 Å². The Labute approximate surface area is 176 Å². The summed E-state index contributed by atoms with van der Waals surface area (Å²) in [4.78, 5) is 25.7. The molecule has 1 aliphatic heterocycles. The van der Waals surface area contributed by atoms with Gasteiger partial charge in [0.1, 0.15) is 17.0 Å². The number of likely N-dealkylation sites (tertiary alicyclic amines) is 1. The number of rotatable bonds is 6. The largest absolute Gasteiger partial charge is 0.369 e. The van der Waals surface area contributed by atoms with Gasteiger partial charge in [-0.2, -0.15) is 0 Å². The van der Waals surface area contributed by atoms with E-state index in [9.17, 15) is 4.79 Å². The molecule has 1 aromatic carbocycles. The number of hydrogen-bond acceptors (Lipinski definition) is 5. The molecule has 1 aliphatic rings. The van der Waals surface area contributed by atoms with Crippen LogP contribution in [-0.4, -0.2) is 40.4 Å². The average Bonchev–Trinajstić information content (AvgIpc) is 3.08. The van der Waals surface area contributed by atoms with Crippen LogP contribution >= 0.6 is 11.3 Å². The van der Waals surface area contributed by atoms with Gasteiger partial charge in [0.15, 0.2) is 0 Å². The van der Waals surface area contributed by atoms with Crippen molar-refractivity contribution >= 4 is 33.3 Å². The lowest BCUT2D eigenvalue weighted by molar-refractivity contribution is -0.132. The molecule has 0 aliphatic carbocycles. The van der Waals surface area contributed by atoms with Gasteiger partial charge in [-0.15, -0.1) is 11.3 Å². The summed E-state index contributed by atoms with van der Waals surface area (Å²) in [7, 11) is 0. The molecule has 2 aromatic heterocycles. The third-order valence-corrected chi connectivity index (χ3v) is 6.74. The second-order valence-electron chi connectivity index (χ2n) is 7.90. The fraction of sp³-hybridized carbons (Fsp3) is 0.435. The van der Waals surface area contributed by atoms with Crippen molar-refractivity contribution in [1.29, 1.82) is 0 Å². The zero-order valence-electron chi connectivity index (χ0n) is 17.1. The summed E-state index contributed by atoms with van der Waals surface area (Å²) in [6, 6.07) is 10.4. The average molecular weight is 409 g/mol. The molecular weight excluding hydrogens is 380 g/mol. The van der Waals surface area contributed by atoms with Crippen molar-refractivity contribution in [1.82, 2.24) is 14.9 Å². The van der Waals surface area contributed by atoms with E-state index in [1.165, 1.54) is 16.0 Å². The number of fused-ring (bicyclic) bond motifs is 1. The maximum absolute atomic E-state index is 12.4. The van der Waals surface area contributed by atoms with Crippen LogP contribution in [-0.2, 0) is 4.79 Å². The van der Waals surface area contributed by atoms with Gasteiger partial charge in [0.2, 0.25) is 5.91 Å². The number of aryl methyl sites for hydroxylation is 1. The molecule has 1 amide bonds. The Balaban J connectivity index is 1.43. The van der Waals surface area contributed by atoms with E-state index in [1.54, 1.807) is 17.7 Å². The summed E-state index contributed by atoms with van der Waals surface area (Å²) < 4.78 is 0. The molecule has 0 atom stereocenters. The third-order valence-electron chi connectivity index (χ3n) is 5.72. The fourth-order valence-electron chi connectivity index (χ4n) is 3.99. The Kier molecular flexibility index (Phi) is 6.09. The summed E-state index contributed by atoms with van der Waals surface area (Å²) in [6.07, 6.45) is 5.27. The predicted molar refractivity (Wildman–Crippen MR) is 120 cm³/mol. The van der Waals surface area contributed by atoms with Gasteiger partial charge in [0.25, 0.3) is 0 Å². The summed E-state index contributed by atoms with van der Waals surface area (Å²) in [5.41, 5.74) is 2.39. The van der Waals surface area contributed by atoms with Gasteiger partial charge in [0, 0.05) is 36.5 Å². The molecule has 0 saturated carbocycles. The molecule has 0 spiro atoms. The van der Waals surface area contributed by atoms with E-state index >= 15 is 0 Å². The highest BCUT2D eigenvalue weighted by molar-refractivity contribution is 7.19. The van der Waals surface area contributed by atoms with E-state index < -0.39 is 0 Å². The number of anilines is 1. The van der Waals surface area contributed by atoms with Crippen LogP contribution in [0.4, 0.5) is 5.82 Å². The summed E-state index contributed by atoms with van der Waals surface area (Å²) in [5, 5.41) is 4.54. The van der Waals surface area contributed by atoms with Crippen LogP contribution in [0.2, 0.25) is 0 Å². The van der Waals surface area contributed by atoms with Gasteiger partial charge in [-0.3, -0.25) is 4.79 Å². The number of benzene rings is 1. The van der Waals surface area contributed by atoms with Crippen LogP contribution in [0.1, 0.15) is 37.5 Å². The predicted octanol–water partition coefficient (Wildman–Crippen LogP) is 5.12. The minimum atomic E-state index is 0.280. The van der Waals surface area contributed by atoms with Crippen LogP contribution in [0.5, 0.6) is 0 Å². The minimum Gasteiger partial charge on any atom is -0.369 e. The molecule has 1 N–H and O–H groups in total. The minimum absolute atomic E-state index is 0.280. The number of piperidine rings is 1. The van der Waals surface area contributed by atoms with Gasteiger partial charge >= 0.3 is 0 Å². The van der Waals surface area contributed by atoms with Gasteiger partial charge < -0.3 is 10.2 Å². The molecule has 0 bridgehead atoms. The zero-order chi connectivity index (χ0) is 20.2. The highest BCUT2D eigenvalue weighted by Crippen LogP contribution is 2.40. The highest BCUT2D eigenvalue weighted by Gasteiger charge is 2.20. The van der Waals surface area contributed by atoms with Crippen molar-refractivity contribution in [2.24, 2.45) is 5.92 Å². The van der Waals surface area contributed by atoms with E-state index in [2.05, 4.69) is 53.4 Å². The number of hydrogen-bond donors (Lipinski definition) is 1. The van der Waals surface area contributed by atoms with Crippen molar-refractivity contribution in [3.05, 3.63) is 41.5 Å². The van der Waals surface area contributed by atoms with Gasteiger partial charge in [-0.25, -0.2) is 9.97 Å². The fourth-order valence-corrected chi connectivity index (χ4v) is 5.01. The van der Waals surface area contributed by atoms with Crippen LogP contribution in [0, 0.1) is 12.8 Å². The third kappa shape index (κ3) is 4.42. The number of amides is 1. The second-order valence-corrected chi connectivity index (χ2v) is 9.10. The van der Waals surface area contributed by atoms with E-state index in [4.69, 9.17) is 0 Å². The Bertz CT molecular complexity index is 977. The van der Waals surface area contributed by atoms with Gasteiger partial charge in [-0.1, -0.05) is 37.3 Å². The van der Waals surface area contributed by atoms with E-state index in [0.29, 0.717) is 6.42 Å². The molecule has 3 heterocycles. The first-order valence-corrected chi connectivity index (χ1v) is 11.3. The topological polar surface area (TPSA) is 58.1 Å². The number of carbonyl (C=O) groups excluding carboxylic acids is 1. The Hall–Kier alpha value is -2.47. The number of aromatic nitrogens is 2. The first-order chi connectivity index (χ1) is 14.1. The molecule has 4 rings (SSSR count). The van der Waals surface area contributed by atoms with Crippen molar-refractivity contribution in [2.45, 2.75) is 39.5 Å². The van der Waals surface area contributed by atoms with E-state index in [0.717, 1.165) is 60.8 Å². The van der Waals surface area contributed by atoms with E-state index in [1.807, 2.05) is 11.0 Å². The first-order valence-electron chi connectivity index (χ1n) is 10.4. The van der Waals surface area contributed by atoms with Gasteiger partial charge in [0.05, 0.1) is 5.39 Å². The van der Waals surface area contributed by atoms with Crippen molar-refractivity contribution < 1.29 is 4.79 Å². The van der Waals surface area contributed by atoms with Crippen molar-refractivity contribution in [3.63, 3.8) is 0 Å². The van der Waals surface area contributed by atoms with Gasteiger partial charge in [-0.05, 0) is 37.7 Å². The normalized spacial score (nSPS) is 15.0. The monoisotopic (exact) mass is 408 g/mol. The number of carbonyl (C=O) groups is 1. The van der Waals surface area contributed by atoms with Crippen LogP contribution in [0.15, 0.2) is 36.7 Å². The second kappa shape index (κ2) is 8.91. The van der Waals surface area contributed by atoms with Crippen molar-refractivity contribution in [2.75, 3.05) is 25.0 Å². The van der Waals surface area contributed by atoms with E-state index in [-0.39, 0.29) is 5.91 Å². The Morgan fingerprint density at radius 2 is 1.97 bits per heavy atom. The Morgan fingerprint density at radius 1 is 1.21 bits per heavy atom. The number of nitrogens with zero attached hydrogens (tertiary/aromatic N) is 3. The molecule has 1 fully saturated rings. The van der Waals surface area contributed by atoms with Crippen LogP contribution in [0.3, 0.4) is 0 Å². The van der Waals surface area contributed by atoms with Crippen LogP contribution in [0.25, 0.3) is 21.3 Å². The number of nitrogens with one attached hydrogen (secondary N) is 1. The lowest BCUT2D eigenvalue weighted by atomic mass is 9.99. The molecule has 0 radical (unpaired) electrons. The maximum Gasteiger partial charge on any atom is 0.222 e. The summed E-state index contributed by atoms with van der Waals surface area (Å²) in [5.74, 6) is 1.88. The highest BCUT2D eigenvalue weighted by atomic mass is 32.1. The van der Waals surface area contributed by atoms with Crippen LogP contribution < -0.4 is 5.32 Å². The molecule has 1 saturated heterocycles. The zero-order valence-corrected chi connectivity index (χ0v) is 18.0. The maximum atomic E-state index is 12.4. The molecule has 29 heavy (non-hydrogen) atoms. The molecule has 6 heteroatoms. The molecular formula is C23H28N4OS. The summed E-state index contributed by atoms with van der Waals surface area (Å²) >= 11 is 1.70. The number of thiophene rings is 1. The Morgan fingerprint density at radius 3 is 2.72 bits per heavy atom. The quantitative estimate of drug-likeness (QED) is 0.575. The first kappa shape index (κ1) is 19.8. The molecule has 0 unspecified atom stereocenters. The summed E-state index contributed by atoms with van der Waals surface area (Å²) in [6.45, 7) is 6.95.